The van der Waals surface area contributed by atoms with E-state index in [2.05, 4.69) is 10.6 Å². The minimum atomic E-state index is -0.342. The largest absolute Gasteiger partial charge is 0.337 e. The van der Waals surface area contributed by atoms with Crippen molar-refractivity contribution in [1.29, 1.82) is 0 Å². The van der Waals surface area contributed by atoms with Crippen LogP contribution < -0.4 is 10.6 Å². The predicted octanol–water partition coefficient (Wildman–Crippen LogP) is 5.26. The summed E-state index contributed by atoms with van der Waals surface area (Å²) in [6, 6.07) is 23.0. The standard InChI is InChI=1S/C22H20ClN3O2/c1-26(15-16-7-11-18(23)12-8-16)21(27)17-9-13-20(14-10-17)25-22(28)24-19-5-3-2-4-6-19/h2-14H,15H2,1H3,(H2,24,25,28). The van der Waals surface area contributed by atoms with Crippen molar-refractivity contribution in [3.05, 3.63) is 95.0 Å². The van der Waals surface area contributed by atoms with Gasteiger partial charge in [0.1, 0.15) is 0 Å². The van der Waals surface area contributed by atoms with Crippen LogP contribution in [0.2, 0.25) is 5.02 Å². The van der Waals surface area contributed by atoms with Gasteiger partial charge in [-0.3, -0.25) is 4.79 Å². The molecule has 0 heterocycles. The number of hydrogen-bond acceptors (Lipinski definition) is 2. The number of halogens is 1. The van der Waals surface area contributed by atoms with E-state index in [-0.39, 0.29) is 11.9 Å². The molecular formula is C22H20ClN3O2. The SMILES string of the molecule is CN(Cc1ccc(Cl)cc1)C(=O)c1ccc(NC(=O)Nc2ccccc2)cc1. The Hall–Kier alpha value is -3.31. The number of carbonyl (C=O) groups is 2. The molecule has 3 aromatic carbocycles. The van der Waals surface area contributed by atoms with E-state index >= 15 is 0 Å². The van der Waals surface area contributed by atoms with Crippen LogP contribution in [0.1, 0.15) is 15.9 Å². The zero-order chi connectivity index (χ0) is 19.9. The van der Waals surface area contributed by atoms with E-state index < -0.39 is 0 Å². The number of nitrogens with zero attached hydrogens (tertiary/aromatic N) is 1. The monoisotopic (exact) mass is 393 g/mol. The Labute approximate surface area is 168 Å². The highest BCUT2D eigenvalue weighted by Crippen LogP contribution is 2.15. The molecule has 142 valence electrons. The number of para-hydroxylation sites is 1. The van der Waals surface area contributed by atoms with Gasteiger partial charge in [-0.1, -0.05) is 41.9 Å². The first-order chi connectivity index (χ1) is 13.5. The fraction of sp³-hybridized carbons (Fsp3) is 0.0909. The van der Waals surface area contributed by atoms with Crippen molar-refractivity contribution in [1.82, 2.24) is 4.90 Å². The molecule has 28 heavy (non-hydrogen) atoms. The van der Waals surface area contributed by atoms with Gasteiger partial charge in [0.15, 0.2) is 0 Å². The summed E-state index contributed by atoms with van der Waals surface area (Å²) in [5, 5.41) is 6.15. The number of benzene rings is 3. The Kier molecular flexibility index (Phi) is 6.29. The van der Waals surface area contributed by atoms with Gasteiger partial charge in [-0.25, -0.2) is 4.79 Å². The van der Waals surface area contributed by atoms with Crippen LogP contribution >= 0.6 is 11.6 Å². The molecule has 0 aliphatic rings. The molecule has 3 rings (SSSR count). The summed E-state index contributed by atoms with van der Waals surface area (Å²) in [4.78, 5) is 26.3. The van der Waals surface area contributed by atoms with Crippen LogP contribution in [0, 0.1) is 0 Å². The quantitative estimate of drug-likeness (QED) is 0.621. The van der Waals surface area contributed by atoms with Crippen molar-refractivity contribution in [2.45, 2.75) is 6.54 Å². The number of urea groups is 1. The molecule has 3 amide bonds. The number of anilines is 2. The van der Waals surface area contributed by atoms with Crippen molar-refractivity contribution in [3.63, 3.8) is 0 Å². The molecule has 5 nitrogen and oxygen atoms in total. The fourth-order valence-electron chi connectivity index (χ4n) is 2.67. The van der Waals surface area contributed by atoms with Crippen molar-refractivity contribution >= 4 is 34.9 Å². The molecule has 0 saturated carbocycles. The van der Waals surface area contributed by atoms with Crippen molar-refractivity contribution < 1.29 is 9.59 Å². The summed E-state index contributed by atoms with van der Waals surface area (Å²) in [5.74, 6) is -0.102. The fourth-order valence-corrected chi connectivity index (χ4v) is 2.79. The number of hydrogen-bond donors (Lipinski definition) is 2. The van der Waals surface area contributed by atoms with Crippen molar-refractivity contribution in [2.75, 3.05) is 17.7 Å². The van der Waals surface area contributed by atoms with Gasteiger partial charge < -0.3 is 15.5 Å². The minimum absolute atomic E-state index is 0.102. The molecule has 0 bridgehead atoms. The van der Waals surface area contributed by atoms with E-state index in [1.54, 1.807) is 60.5 Å². The summed E-state index contributed by atoms with van der Waals surface area (Å²) in [6.45, 7) is 0.482. The second kappa shape index (κ2) is 9.06. The molecule has 0 saturated heterocycles. The summed E-state index contributed by atoms with van der Waals surface area (Å²) < 4.78 is 0. The molecule has 0 atom stereocenters. The number of nitrogens with one attached hydrogen (secondary N) is 2. The lowest BCUT2D eigenvalue weighted by molar-refractivity contribution is 0.0785. The van der Waals surface area contributed by atoms with Crippen LogP contribution in [0.4, 0.5) is 16.2 Å². The lowest BCUT2D eigenvalue weighted by atomic mass is 10.1. The zero-order valence-corrected chi connectivity index (χ0v) is 16.1. The van der Waals surface area contributed by atoms with Gasteiger partial charge in [0, 0.05) is 35.6 Å². The van der Waals surface area contributed by atoms with Crippen molar-refractivity contribution in [3.8, 4) is 0 Å². The normalized spacial score (nSPS) is 10.2. The van der Waals surface area contributed by atoms with E-state index in [1.807, 2.05) is 30.3 Å². The third-order valence-corrected chi connectivity index (χ3v) is 4.35. The first kappa shape index (κ1) is 19.5. The van der Waals surface area contributed by atoms with Gasteiger partial charge in [-0.2, -0.15) is 0 Å². The highest BCUT2D eigenvalue weighted by Gasteiger charge is 2.12. The maximum atomic E-state index is 12.6. The molecule has 0 unspecified atom stereocenters. The van der Waals surface area contributed by atoms with E-state index in [4.69, 9.17) is 11.6 Å². The highest BCUT2D eigenvalue weighted by molar-refractivity contribution is 6.30. The molecule has 2 N–H and O–H groups in total. The van der Waals surface area contributed by atoms with Gasteiger partial charge in [0.05, 0.1) is 0 Å². The van der Waals surface area contributed by atoms with Crippen LogP contribution in [-0.4, -0.2) is 23.9 Å². The Morgan fingerprint density at radius 3 is 2.00 bits per heavy atom. The second-order valence-electron chi connectivity index (χ2n) is 6.31. The lowest BCUT2D eigenvalue weighted by Gasteiger charge is -2.17. The van der Waals surface area contributed by atoms with Gasteiger partial charge in [-0.15, -0.1) is 0 Å². The van der Waals surface area contributed by atoms with E-state index in [0.29, 0.717) is 28.5 Å². The van der Waals surface area contributed by atoms with Gasteiger partial charge in [0.2, 0.25) is 0 Å². The Morgan fingerprint density at radius 2 is 1.39 bits per heavy atom. The maximum absolute atomic E-state index is 12.6. The molecule has 0 spiro atoms. The molecule has 0 fully saturated rings. The van der Waals surface area contributed by atoms with E-state index in [0.717, 1.165) is 5.56 Å². The topological polar surface area (TPSA) is 61.4 Å². The molecular weight excluding hydrogens is 374 g/mol. The van der Waals surface area contributed by atoms with Crippen LogP contribution in [0.5, 0.6) is 0 Å². The average Bonchev–Trinajstić information content (AvgIpc) is 2.70. The Bertz CT molecular complexity index is 942. The smallest absolute Gasteiger partial charge is 0.323 e. The molecule has 0 aliphatic heterocycles. The average molecular weight is 394 g/mol. The summed E-state index contributed by atoms with van der Waals surface area (Å²) in [6.07, 6.45) is 0. The number of rotatable bonds is 5. The Balaban J connectivity index is 1.57. The lowest BCUT2D eigenvalue weighted by Crippen LogP contribution is -2.26. The van der Waals surface area contributed by atoms with E-state index in [1.165, 1.54) is 0 Å². The van der Waals surface area contributed by atoms with E-state index in [9.17, 15) is 9.59 Å². The summed E-state index contributed by atoms with van der Waals surface area (Å²) in [7, 11) is 1.75. The van der Waals surface area contributed by atoms with Crippen LogP contribution in [0.25, 0.3) is 0 Å². The number of amides is 3. The molecule has 6 heteroatoms. The van der Waals surface area contributed by atoms with Crippen LogP contribution in [0.15, 0.2) is 78.9 Å². The first-order valence-electron chi connectivity index (χ1n) is 8.74. The van der Waals surface area contributed by atoms with Crippen LogP contribution in [0.3, 0.4) is 0 Å². The zero-order valence-electron chi connectivity index (χ0n) is 15.4. The summed E-state index contributed by atoms with van der Waals surface area (Å²) in [5.41, 5.74) is 2.85. The van der Waals surface area contributed by atoms with Gasteiger partial charge in [-0.05, 0) is 54.1 Å². The van der Waals surface area contributed by atoms with Gasteiger partial charge in [0.25, 0.3) is 5.91 Å². The molecule has 0 radical (unpaired) electrons. The highest BCUT2D eigenvalue weighted by atomic mass is 35.5. The van der Waals surface area contributed by atoms with Crippen molar-refractivity contribution in [2.24, 2.45) is 0 Å². The number of carbonyl (C=O) groups excluding carboxylic acids is 2. The Morgan fingerprint density at radius 1 is 0.821 bits per heavy atom. The molecule has 0 aliphatic carbocycles. The molecule has 0 aromatic heterocycles. The molecule has 3 aromatic rings. The summed E-state index contributed by atoms with van der Waals surface area (Å²) >= 11 is 5.89. The third-order valence-electron chi connectivity index (χ3n) is 4.10. The third kappa shape index (κ3) is 5.34. The predicted molar refractivity (Wildman–Crippen MR) is 113 cm³/mol. The van der Waals surface area contributed by atoms with Crippen LogP contribution in [-0.2, 0) is 6.54 Å². The maximum Gasteiger partial charge on any atom is 0.323 e. The second-order valence-corrected chi connectivity index (χ2v) is 6.75. The van der Waals surface area contributed by atoms with Gasteiger partial charge >= 0.3 is 6.03 Å². The minimum Gasteiger partial charge on any atom is -0.337 e. The first-order valence-corrected chi connectivity index (χ1v) is 9.12.